The number of hydrogen-bond acceptors (Lipinski definition) is 13. The molecule has 1 aliphatic heterocycles. The second kappa shape index (κ2) is 15.0. The van der Waals surface area contributed by atoms with Crippen LogP contribution in [0.4, 0.5) is 5.13 Å². The minimum absolute atomic E-state index is 0. The van der Waals surface area contributed by atoms with Crippen LogP contribution in [0.3, 0.4) is 0 Å². The molecule has 0 spiro atoms. The molecule has 0 aliphatic carbocycles. The van der Waals surface area contributed by atoms with Crippen LogP contribution in [0.2, 0.25) is 25.7 Å². The standard InChI is InChI=1S/C21H30ClN5O11S2Si.Na.H/c1-21(2,19(32)37-7-8-41(4,5)6)38-26-13(11-10-39-20(23-11)24-12(28)9-22)16(29)25-14-15(18(31)36-3)27(17(14)30)40(33,34)35;;/h10,14-15H,7-9H2,1-6H3,(H,25,29)(H,23,24,28)(H,33,34,35);;/b26-13-;;. The van der Waals surface area contributed by atoms with E-state index >= 15 is 0 Å². The van der Waals surface area contributed by atoms with E-state index in [9.17, 15) is 36.9 Å². The van der Waals surface area contributed by atoms with Gasteiger partial charge in [-0.2, -0.15) is 12.7 Å². The molecule has 3 N–H and O–H groups in total. The Hall–Kier alpha value is -2.13. The van der Waals surface area contributed by atoms with Crippen molar-refractivity contribution in [3.05, 3.63) is 11.1 Å². The van der Waals surface area contributed by atoms with Gasteiger partial charge >= 0.3 is 51.8 Å². The summed E-state index contributed by atoms with van der Waals surface area (Å²) in [6.45, 7) is 9.12. The van der Waals surface area contributed by atoms with Gasteiger partial charge in [0, 0.05) is 13.5 Å². The number of carbonyl (C=O) groups excluding carboxylic acids is 5. The molecule has 1 fully saturated rings. The molecule has 42 heavy (non-hydrogen) atoms. The van der Waals surface area contributed by atoms with Gasteiger partial charge in [-0.1, -0.05) is 24.8 Å². The summed E-state index contributed by atoms with van der Waals surface area (Å²) >= 11 is 6.36. The average molecular weight is 680 g/mol. The topological polar surface area (TPSA) is 220 Å². The van der Waals surface area contributed by atoms with Crippen LogP contribution in [0.5, 0.6) is 0 Å². The number of alkyl halides is 1. The third-order valence-electron chi connectivity index (χ3n) is 5.30. The summed E-state index contributed by atoms with van der Waals surface area (Å²) in [5, 5.41) is 9.57. The third-order valence-corrected chi connectivity index (χ3v) is 8.91. The second-order valence-corrected chi connectivity index (χ2v) is 18.3. The van der Waals surface area contributed by atoms with Crippen LogP contribution in [-0.2, 0) is 48.6 Å². The van der Waals surface area contributed by atoms with E-state index in [1.165, 1.54) is 19.2 Å². The zero-order chi connectivity index (χ0) is 31.3. The van der Waals surface area contributed by atoms with Crippen LogP contribution in [0, 0.1) is 0 Å². The monoisotopic (exact) mass is 679 g/mol. The number of hydrogen-bond donors (Lipinski definition) is 3. The Labute approximate surface area is 274 Å². The first-order chi connectivity index (χ1) is 18.8. The fraction of sp³-hybridized carbons (Fsp3) is 0.571. The number of nitrogens with zero attached hydrogens (tertiary/aromatic N) is 3. The average Bonchev–Trinajstić information content (AvgIpc) is 3.31. The van der Waals surface area contributed by atoms with E-state index in [-0.39, 0.29) is 57.2 Å². The van der Waals surface area contributed by atoms with E-state index in [1.807, 2.05) is 0 Å². The number of thiazole rings is 1. The number of nitrogens with one attached hydrogen (secondary N) is 2. The van der Waals surface area contributed by atoms with Gasteiger partial charge in [-0.15, -0.1) is 22.9 Å². The van der Waals surface area contributed by atoms with Gasteiger partial charge in [0.15, 0.2) is 16.9 Å². The van der Waals surface area contributed by atoms with E-state index in [2.05, 4.69) is 45.2 Å². The van der Waals surface area contributed by atoms with Gasteiger partial charge in [0.1, 0.15) is 17.6 Å². The zero-order valence-corrected chi connectivity index (χ0v) is 26.3. The van der Waals surface area contributed by atoms with E-state index in [4.69, 9.17) is 21.2 Å². The molecular formula is C21H31ClN5NaO11S2Si. The van der Waals surface area contributed by atoms with Gasteiger partial charge in [0.05, 0.1) is 13.7 Å². The SMILES string of the molecule is COC(=O)C1C(NC(=O)/C(=N\OC(C)(C)C(=O)OCC[Si](C)(C)C)c2csc(NC(=O)CCl)n2)C(=O)N1S(=O)(=O)O.[NaH]. The molecule has 1 aromatic heterocycles. The zero-order valence-electron chi connectivity index (χ0n) is 22.9. The number of aromatic nitrogens is 1. The summed E-state index contributed by atoms with van der Waals surface area (Å²) in [7, 11) is -5.76. The van der Waals surface area contributed by atoms with Gasteiger partial charge in [-0.25, -0.2) is 14.6 Å². The van der Waals surface area contributed by atoms with Crippen molar-refractivity contribution < 1.29 is 51.3 Å². The number of oxime groups is 1. The van der Waals surface area contributed by atoms with Crippen LogP contribution in [-0.4, -0.2) is 133 Å². The van der Waals surface area contributed by atoms with E-state index in [0.29, 0.717) is 6.04 Å². The molecule has 2 heterocycles. The molecule has 230 valence electrons. The molecule has 1 aromatic rings. The molecular weight excluding hydrogens is 649 g/mol. The number of rotatable bonds is 13. The molecule has 16 nitrogen and oxygen atoms in total. The number of anilines is 1. The summed E-state index contributed by atoms with van der Waals surface area (Å²) in [6.07, 6.45) is 0. The van der Waals surface area contributed by atoms with Crippen LogP contribution < -0.4 is 10.6 Å². The van der Waals surface area contributed by atoms with Crippen LogP contribution in [0.25, 0.3) is 0 Å². The van der Waals surface area contributed by atoms with Crippen molar-refractivity contribution in [2.24, 2.45) is 5.16 Å². The van der Waals surface area contributed by atoms with Crippen molar-refractivity contribution >= 4 is 111 Å². The molecule has 0 radical (unpaired) electrons. The molecule has 2 atom stereocenters. The van der Waals surface area contributed by atoms with Gasteiger partial charge in [0.25, 0.3) is 11.8 Å². The molecule has 0 bridgehead atoms. The predicted molar refractivity (Wildman–Crippen MR) is 156 cm³/mol. The van der Waals surface area contributed by atoms with Crippen molar-refractivity contribution in [2.75, 3.05) is 24.9 Å². The Kier molecular flexibility index (Phi) is 13.6. The van der Waals surface area contributed by atoms with Crippen LogP contribution in [0.1, 0.15) is 19.5 Å². The van der Waals surface area contributed by atoms with E-state index < -0.39 is 71.4 Å². The normalized spacial score (nSPS) is 17.4. The molecule has 21 heteroatoms. The Morgan fingerprint density at radius 2 is 1.88 bits per heavy atom. The summed E-state index contributed by atoms with van der Waals surface area (Å²) in [5.74, 6) is -5.52. The maximum atomic E-state index is 13.2. The van der Waals surface area contributed by atoms with Crippen molar-refractivity contribution in [3.8, 4) is 0 Å². The minimum atomic E-state index is -5.16. The summed E-state index contributed by atoms with van der Waals surface area (Å²) in [4.78, 5) is 71.5. The number of esters is 2. The molecule has 2 rings (SSSR count). The molecule has 2 unspecified atom stereocenters. The second-order valence-electron chi connectivity index (χ2n) is 10.2. The predicted octanol–water partition coefficient (Wildman–Crippen LogP) is -0.276. The first-order valence-electron chi connectivity index (χ1n) is 11.8. The fourth-order valence-corrected chi connectivity index (χ4v) is 5.37. The fourth-order valence-electron chi connectivity index (χ4n) is 3.04. The molecule has 1 aliphatic rings. The maximum absolute atomic E-state index is 13.2. The number of ether oxygens (including phenoxy) is 2. The van der Waals surface area contributed by atoms with E-state index in [1.54, 1.807) is 0 Å². The van der Waals surface area contributed by atoms with E-state index in [0.717, 1.165) is 18.4 Å². The number of β-lactam (4-membered cyclic amide) rings is 1. The summed E-state index contributed by atoms with van der Waals surface area (Å²) in [6, 6.07) is -3.00. The Balaban J connectivity index is 0.00000882. The first kappa shape index (κ1) is 37.9. The quantitative estimate of drug-likeness (QED) is 0.0466. The van der Waals surface area contributed by atoms with Gasteiger partial charge in [-0.05, 0) is 19.9 Å². The first-order valence-corrected chi connectivity index (χ1v) is 18.3. The molecule has 0 saturated carbocycles. The van der Waals surface area contributed by atoms with Crippen molar-refractivity contribution in [3.63, 3.8) is 0 Å². The van der Waals surface area contributed by atoms with Crippen molar-refractivity contribution in [2.45, 2.75) is 57.2 Å². The number of methoxy groups -OCH3 is 1. The number of carbonyl (C=O) groups is 5. The van der Waals surface area contributed by atoms with Crippen molar-refractivity contribution in [1.82, 2.24) is 14.6 Å². The Morgan fingerprint density at radius 1 is 1.26 bits per heavy atom. The van der Waals surface area contributed by atoms with Crippen molar-refractivity contribution in [1.29, 1.82) is 0 Å². The number of halogens is 1. The van der Waals surface area contributed by atoms with Gasteiger partial charge < -0.3 is 24.9 Å². The summed E-state index contributed by atoms with van der Waals surface area (Å²) < 4.78 is 42.1. The van der Waals surface area contributed by atoms with Crippen LogP contribution in [0.15, 0.2) is 10.5 Å². The van der Waals surface area contributed by atoms with Gasteiger partial charge in [0.2, 0.25) is 11.5 Å². The Morgan fingerprint density at radius 3 is 2.40 bits per heavy atom. The number of amides is 3. The molecule has 1 saturated heterocycles. The third kappa shape index (κ3) is 9.96. The molecule has 0 aromatic carbocycles. The van der Waals surface area contributed by atoms with Crippen LogP contribution >= 0.6 is 22.9 Å². The summed E-state index contributed by atoms with van der Waals surface area (Å²) in [5.41, 5.74) is -2.50. The molecule has 3 amide bonds. The Bertz CT molecular complexity index is 1350. The van der Waals surface area contributed by atoms with Gasteiger partial charge in [-0.3, -0.25) is 18.9 Å².